The standard InChI is InChI=1S/C15H18FN3/c16-14-7-13(10-17)8-15(9-14)19-5-3-18(4-6-19)11-12-1-2-12/h7-9,12H,1-6,11H2. The number of piperazine rings is 1. The Kier molecular flexibility index (Phi) is 3.39. The predicted molar refractivity (Wildman–Crippen MR) is 72.5 cm³/mol. The molecule has 1 saturated carbocycles. The number of anilines is 1. The molecule has 2 fully saturated rings. The number of nitriles is 1. The van der Waals surface area contributed by atoms with Gasteiger partial charge in [0.1, 0.15) is 5.82 Å². The molecule has 0 spiro atoms. The van der Waals surface area contributed by atoms with Crippen molar-refractivity contribution in [3.05, 3.63) is 29.6 Å². The fraction of sp³-hybridized carbons (Fsp3) is 0.533. The molecule has 0 unspecified atom stereocenters. The van der Waals surface area contributed by atoms with E-state index in [0.717, 1.165) is 37.8 Å². The molecule has 3 rings (SSSR count). The van der Waals surface area contributed by atoms with Gasteiger partial charge in [0, 0.05) is 38.4 Å². The topological polar surface area (TPSA) is 30.3 Å². The van der Waals surface area contributed by atoms with Gasteiger partial charge < -0.3 is 4.90 Å². The summed E-state index contributed by atoms with van der Waals surface area (Å²) in [6, 6.07) is 6.60. The summed E-state index contributed by atoms with van der Waals surface area (Å²) in [5, 5.41) is 8.89. The van der Waals surface area contributed by atoms with Crippen molar-refractivity contribution < 1.29 is 4.39 Å². The minimum atomic E-state index is -0.325. The van der Waals surface area contributed by atoms with Gasteiger partial charge in [0.25, 0.3) is 0 Å². The highest BCUT2D eigenvalue weighted by atomic mass is 19.1. The second kappa shape index (κ2) is 5.18. The van der Waals surface area contributed by atoms with E-state index in [9.17, 15) is 4.39 Å². The zero-order valence-corrected chi connectivity index (χ0v) is 11.0. The number of nitrogens with zero attached hydrogens (tertiary/aromatic N) is 3. The zero-order valence-electron chi connectivity index (χ0n) is 11.0. The van der Waals surface area contributed by atoms with Crippen LogP contribution >= 0.6 is 0 Å². The molecule has 100 valence electrons. The molecular formula is C15H18FN3. The summed E-state index contributed by atoms with van der Waals surface area (Å²) in [6.07, 6.45) is 2.77. The van der Waals surface area contributed by atoms with Gasteiger partial charge in [-0.1, -0.05) is 0 Å². The summed E-state index contributed by atoms with van der Waals surface area (Å²) in [4.78, 5) is 4.67. The summed E-state index contributed by atoms with van der Waals surface area (Å²) < 4.78 is 13.4. The van der Waals surface area contributed by atoms with Gasteiger partial charge in [0.15, 0.2) is 0 Å². The quantitative estimate of drug-likeness (QED) is 0.834. The molecule has 0 atom stereocenters. The maximum atomic E-state index is 13.4. The molecule has 1 saturated heterocycles. The highest BCUT2D eigenvalue weighted by molar-refractivity contribution is 5.52. The van der Waals surface area contributed by atoms with Crippen molar-refractivity contribution in [3.8, 4) is 6.07 Å². The second-order valence-electron chi connectivity index (χ2n) is 5.54. The van der Waals surface area contributed by atoms with Crippen LogP contribution in [-0.4, -0.2) is 37.6 Å². The molecule has 4 heteroatoms. The number of benzene rings is 1. The van der Waals surface area contributed by atoms with Gasteiger partial charge in [0.05, 0.1) is 11.6 Å². The van der Waals surface area contributed by atoms with E-state index in [0.29, 0.717) is 5.56 Å². The van der Waals surface area contributed by atoms with Crippen molar-refractivity contribution in [2.75, 3.05) is 37.6 Å². The molecule has 0 N–H and O–H groups in total. The maximum Gasteiger partial charge on any atom is 0.126 e. The third-order valence-electron chi connectivity index (χ3n) is 3.96. The SMILES string of the molecule is N#Cc1cc(F)cc(N2CCN(CC3CC3)CC2)c1. The van der Waals surface area contributed by atoms with E-state index in [1.807, 2.05) is 6.07 Å². The van der Waals surface area contributed by atoms with Gasteiger partial charge in [-0.3, -0.25) is 4.90 Å². The Hall–Kier alpha value is -1.60. The molecule has 0 aromatic heterocycles. The van der Waals surface area contributed by atoms with Crippen LogP contribution in [0.25, 0.3) is 0 Å². The molecule has 1 heterocycles. The second-order valence-corrected chi connectivity index (χ2v) is 5.54. The average molecular weight is 259 g/mol. The highest BCUT2D eigenvalue weighted by Gasteiger charge is 2.26. The maximum absolute atomic E-state index is 13.4. The molecular weight excluding hydrogens is 241 g/mol. The smallest absolute Gasteiger partial charge is 0.126 e. The number of hydrogen-bond donors (Lipinski definition) is 0. The molecule has 19 heavy (non-hydrogen) atoms. The van der Waals surface area contributed by atoms with Crippen LogP contribution in [0.5, 0.6) is 0 Å². The first-order valence-corrected chi connectivity index (χ1v) is 6.92. The Balaban J connectivity index is 1.64. The van der Waals surface area contributed by atoms with Crippen LogP contribution in [0.2, 0.25) is 0 Å². The Bertz CT molecular complexity index is 497. The van der Waals surface area contributed by atoms with E-state index >= 15 is 0 Å². The van der Waals surface area contributed by atoms with Crippen molar-refractivity contribution in [1.82, 2.24) is 4.90 Å². The Morgan fingerprint density at radius 3 is 2.53 bits per heavy atom. The van der Waals surface area contributed by atoms with Crippen LogP contribution in [-0.2, 0) is 0 Å². The largest absolute Gasteiger partial charge is 0.369 e. The third kappa shape index (κ3) is 3.05. The summed E-state index contributed by atoms with van der Waals surface area (Å²) in [5.41, 5.74) is 1.23. The van der Waals surface area contributed by atoms with E-state index in [4.69, 9.17) is 5.26 Å². The van der Waals surface area contributed by atoms with Crippen LogP contribution in [0.1, 0.15) is 18.4 Å². The van der Waals surface area contributed by atoms with Crippen molar-refractivity contribution in [1.29, 1.82) is 5.26 Å². The van der Waals surface area contributed by atoms with Gasteiger partial charge >= 0.3 is 0 Å². The van der Waals surface area contributed by atoms with Gasteiger partial charge in [0.2, 0.25) is 0 Å². The Morgan fingerprint density at radius 1 is 1.16 bits per heavy atom. The molecule has 0 amide bonds. The number of halogens is 1. The van der Waals surface area contributed by atoms with Crippen molar-refractivity contribution >= 4 is 5.69 Å². The van der Waals surface area contributed by atoms with Crippen LogP contribution < -0.4 is 4.90 Å². The van der Waals surface area contributed by atoms with Crippen LogP contribution in [0.4, 0.5) is 10.1 Å². The monoisotopic (exact) mass is 259 g/mol. The van der Waals surface area contributed by atoms with Crippen LogP contribution in [0, 0.1) is 23.1 Å². The molecule has 1 aliphatic heterocycles. The lowest BCUT2D eigenvalue weighted by Crippen LogP contribution is -2.47. The van der Waals surface area contributed by atoms with Gasteiger partial charge in [-0.05, 0) is 37.0 Å². The summed E-state index contributed by atoms with van der Waals surface area (Å²) >= 11 is 0. The van der Waals surface area contributed by atoms with Crippen molar-refractivity contribution in [3.63, 3.8) is 0 Å². The Morgan fingerprint density at radius 2 is 1.89 bits per heavy atom. The summed E-state index contributed by atoms with van der Waals surface area (Å²) in [6.45, 7) is 5.13. The lowest BCUT2D eigenvalue weighted by Gasteiger charge is -2.36. The average Bonchev–Trinajstić information content (AvgIpc) is 3.23. The molecule has 1 aromatic carbocycles. The molecule has 3 nitrogen and oxygen atoms in total. The first kappa shape index (κ1) is 12.4. The van der Waals surface area contributed by atoms with E-state index < -0.39 is 0 Å². The zero-order chi connectivity index (χ0) is 13.2. The summed E-state index contributed by atoms with van der Waals surface area (Å²) in [5.74, 6) is 0.598. The minimum Gasteiger partial charge on any atom is -0.369 e. The van der Waals surface area contributed by atoms with Gasteiger partial charge in [-0.2, -0.15) is 5.26 Å². The molecule has 1 aromatic rings. The summed E-state index contributed by atoms with van der Waals surface area (Å²) in [7, 11) is 0. The van der Waals surface area contributed by atoms with E-state index in [1.54, 1.807) is 6.07 Å². The van der Waals surface area contributed by atoms with Gasteiger partial charge in [-0.15, -0.1) is 0 Å². The lowest BCUT2D eigenvalue weighted by atomic mass is 10.1. The van der Waals surface area contributed by atoms with Crippen LogP contribution in [0.15, 0.2) is 18.2 Å². The molecule has 2 aliphatic rings. The normalized spacial score (nSPS) is 20.3. The number of hydrogen-bond acceptors (Lipinski definition) is 3. The van der Waals surface area contributed by atoms with Crippen molar-refractivity contribution in [2.45, 2.75) is 12.8 Å². The van der Waals surface area contributed by atoms with E-state index in [2.05, 4.69) is 9.80 Å². The first-order valence-electron chi connectivity index (χ1n) is 6.92. The fourth-order valence-corrected chi connectivity index (χ4v) is 2.68. The predicted octanol–water partition coefficient (Wildman–Crippen LogP) is 2.23. The van der Waals surface area contributed by atoms with E-state index in [1.165, 1.54) is 31.5 Å². The molecule has 0 bridgehead atoms. The van der Waals surface area contributed by atoms with E-state index in [-0.39, 0.29) is 5.82 Å². The van der Waals surface area contributed by atoms with Crippen molar-refractivity contribution in [2.24, 2.45) is 5.92 Å². The van der Waals surface area contributed by atoms with Crippen LogP contribution in [0.3, 0.4) is 0 Å². The highest BCUT2D eigenvalue weighted by Crippen LogP contribution is 2.30. The first-order chi connectivity index (χ1) is 9.24. The molecule has 1 aliphatic carbocycles. The Labute approximate surface area is 113 Å². The fourth-order valence-electron chi connectivity index (χ4n) is 2.68. The third-order valence-corrected chi connectivity index (χ3v) is 3.96. The number of rotatable bonds is 3. The minimum absolute atomic E-state index is 0.325. The van der Waals surface area contributed by atoms with Gasteiger partial charge in [-0.25, -0.2) is 4.39 Å². The lowest BCUT2D eigenvalue weighted by molar-refractivity contribution is 0.248. The molecule has 0 radical (unpaired) electrons.